The fourth-order valence-corrected chi connectivity index (χ4v) is 1.56. The number of rotatable bonds is 6. The molecule has 0 aromatic heterocycles. The second-order valence-electron chi connectivity index (χ2n) is 4.16. The number of esters is 1. The van der Waals surface area contributed by atoms with Crippen molar-refractivity contribution in [2.24, 2.45) is 0 Å². The Hall–Kier alpha value is -1.83. The average Bonchev–Trinajstić information content (AvgIpc) is 2.35. The van der Waals surface area contributed by atoms with Gasteiger partial charge in [0.1, 0.15) is 0 Å². The molecule has 0 heterocycles. The maximum absolute atomic E-state index is 11.1. The Morgan fingerprint density at radius 2 is 2.00 bits per heavy atom. The van der Waals surface area contributed by atoms with E-state index in [2.05, 4.69) is 37.8 Å². The molecule has 1 aromatic rings. The summed E-state index contributed by atoms with van der Waals surface area (Å²) in [6.07, 6.45) is 4.95. The summed E-state index contributed by atoms with van der Waals surface area (Å²) in [5, 5.41) is 0. The molecule has 18 heavy (non-hydrogen) atoms. The van der Waals surface area contributed by atoms with Gasteiger partial charge < -0.3 is 4.74 Å². The lowest BCUT2D eigenvalue weighted by Gasteiger charge is -2.04. The first kappa shape index (κ1) is 14.2. The van der Waals surface area contributed by atoms with Gasteiger partial charge in [-0.3, -0.25) is 0 Å². The Bertz CT molecular complexity index is 427. The van der Waals surface area contributed by atoms with E-state index in [0.29, 0.717) is 6.61 Å². The molecular formula is C16H20O2. The van der Waals surface area contributed by atoms with Gasteiger partial charge in [0, 0.05) is 6.08 Å². The third kappa shape index (κ3) is 5.00. The zero-order valence-electron chi connectivity index (χ0n) is 11.1. The van der Waals surface area contributed by atoms with Gasteiger partial charge in [-0.2, -0.15) is 0 Å². The Morgan fingerprint density at radius 3 is 2.61 bits per heavy atom. The zero-order valence-corrected chi connectivity index (χ0v) is 11.1. The van der Waals surface area contributed by atoms with Gasteiger partial charge in [0.05, 0.1) is 6.61 Å². The van der Waals surface area contributed by atoms with E-state index in [0.717, 1.165) is 24.0 Å². The predicted molar refractivity (Wildman–Crippen MR) is 75.2 cm³/mol. The van der Waals surface area contributed by atoms with Crippen LogP contribution in [-0.4, -0.2) is 12.6 Å². The first-order chi connectivity index (χ1) is 8.63. The van der Waals surface area contributed by atoms with E-state index in [9.17, 15) is 4.79 Å². The van der Waals surface area contributed by atoms with E-state index < -0.39 is 0 Å². The van der Waals surface area contributed by atoms with Crippen LogP contribution in [0.25, 0.3) is 5.57 Å². The summed E-state index contributed by atoms with van der Waals surface area (Å²) in [6, 6.07) is 8.31. The second-order valence-corrected chi connectivity index (χ2v) is 4.16. The van der Waals surface area contributed by atoms with Crippen molar-refractivity contribution in [1.29, 1.82) is 0 Å². The van der Waals surface area contributed by atoms with Gasteiger partial charge in [-0.1, -0.05) is 42.5 Å². The highest BCUT2D eigenvalue weighted by atomic mass is 16.5. The third-order valence-corrected chi connectivity index (χ3v) is 2.61. The van der Waals surface area contributed by atoms with Gasteiger partial charge in [-0.15, -0.1) is 0 Å². The largest absolute Gasteiger partial charge is 0.463 e. The van der Waals surface area contributed by atoms with Crippen LogP contribution < -0.4 is 0 Å². The van der Waals surface area contributed by atoms with Crippen molar-refractivity contribution in [2.75, 3.05) is 6.61 Å². The molecule has 2 nitrogen and oxygen atoms in total. The van der Waals surface area contributed by atoms with Gasteiger partial charge in [0.25, 0.3) is 0 Å². The third-order valence-electron chi connectivity index (χ3n) is 2.61. The minimum atomic E-state index is -0.279. The first-order valence-corrected chi connectivity index (χ1v) is 6.21. The smallest absolute Gasteiger partial charge is 0.330 e. The monoisotopic (exact) mass is 244 g/mol. The molecule has 1 aromatic carbocycles. The fourth-order valence-electron chi connectivity index (χ4n) is 1.56. The minimum Gasteiger partial charge on any atom is -0.463 e. The zero-order chi connectivity index (χ0) is 13.4. The molecule has 0 radical (unpaired) electrons. The van der Waals surface area contributed by atoms with Crippen molar-refractivity contribution in [3.05, 3.63) is 54.1 Å². The van der Waals surface area contributed by atoms with Crippen molar-refractivity contribution in [3.8, 4) is 0 Å². The van der Waals surface area contributed by atoms with Crippen LogP contribution in [0.3, 0.4) is 0 Å². The molecule has 0 aliphatic rings. The maximum Gasteiger partial charge on any atom is 0.330 e. The Kier molecular flexibility index (Phi) is 5.92. The van der Waals surface area contributed by atoms with Crippen LogP contribution in [0.5, 0.6) is 0 Å². The molecule has 96 valence electrons. The number of hydrogen-bond donors (Lipinski definition) is 0. The molecule has 0 amide bonds. The molecule has 0 atom stereocenters. The summed E-state index contributed by atoms with van der Waals surface area (Å²) in [5.41, 5.74) is 3.49. The van der Waals surface area contributed by atoms with Gasteiger partial charge in [0.15, 0.2) is 0 Å². The van der Waals surface area contributed by atoms with E-state index in [1.165, 1.54) is 11.6 Å². The minimum absolute atomic E-state index is 0.279. The summed E-state index contributed by atoms with van der Waals surface area (Å²) in [5.74, 6) is -0.279. The highest BCUT2D eigenvalue weighted by Gasteiger charge is 1.98. The Labute approximate surface area is 109 Å². The van der Waals surface area contributed by atoms with E-state index in [1.807, 2.05) is 6.08 Å². The molecule has 2 heteroatoms. The van der Waals surface area contributed by atoms with Crippen LogP contribution >= 0.6 is 0 Å². The standard InChI is InChI=1S/C16H20O2/c1-4-18-16(17)8-6-5-7-14(3)15-11-9-13(2)10-12-15/h6,8-12H,3-5,7H2,1-2H3/b8-6+. The normalized spacial score (nSPS) is 10.6. The Balaban J connectivity index is 2.38. The number of carbonyl (C=O) groups is 1. The Morgan fingerprint density at radius 1 is 1.33 bits per heavy atom. The number of hydrogen-bond acceptors (Lipinski definition) is 2. The van der Waals surface area contributed by atoms with Crippen LogP contribution in [0.2, 0.25) is 0 Å². The van der Waals surface area contributed by atoms with Crippen molar-refractivity contribution >= 4 is 11.5 Å². The summed E-state index contributed by atoms with van der Waals surface area (Å²) in [6.45, 7) is 8.33. The van der Waals surface area contributed by atoms with Crippen molar-refractivity contribution in [2.45, 2.75) is 26.7 Å². The highest BCUT2D eigenvalue weighted by molar-refractivity contribution is 5.81. The summed E-state index contributed by atoms with van der Waals surface area (Å²) >= 11 is 0. The molecule has 0 spiro atoms. The molecule has 0 fully saturated rings. The fraction of sp³-hybridized carbons (Fsp3) is 0.312. The van der Waals surface area contributed by atoms with Crippen LogP contribution in [0, 0.1) is 6.92 Å². The van der Waals surface area contributed by atoms with Gasteiger partial charge in [-0.05, 0) is 37.8 Å². The quantitative estimate of drug-likeness (QED) is 0.560. The lowest BCUT2D eigenvalue weighted by molar-refractivity contribution is -0.137. The molecule has 0 aliphatic heterocycles. The van der Waals surface area contributed by atoms with Crippen LogP contribution in [-0.2, 0) is 9.53 Å². The number of benzene rings is 1. The number of allylic oxidation sites excluding steroid dienone is 2. The van der Waals surface area contributed by atoms with Crippen molar-refractivity contribution in [1.82, 2.24) is 0 Å². The molecule has 0 unspecified atom stereocenters. The summed E-state index contributed by atoms with van der Waals surface area (Å²) in [7, 11) is 0. The van der Waals surface area contributed by atoms with Gasteiger partial charge >= 0.3 is 5.97 Å². The van der Waals surface area contributed by atoms with E-state index in [4.69, 9.17) is 4.74 Å². The van der Waals surface area contributed by atoms with Gasteiger partial charge in [-0.25, -0.2) is 4.79 Å². The second kappa shape index (κ2) is 7.49. The lowest BCUT2D eigenvalue weighted by Crippen LogP contribution is -1.98. The number of ether oxygens (including phenoxy) is 1. The number of aryl methyl sites for hydroxylation is 1. The van der Waals surface area contributed by atoms with E-state index in [1.54, 1.807) is 6.92 Å². The molecule has 0 N–H and O–H groups in total. The van der Waals surface area contributed by atoms with Gasteiger partial charge in [0.2, 0.25) is 0 Å². The molecule has 0 saturated heterocycles. The van der Waals surface area contributed by atoms with E-state index in [-0.39, 0.29) is 5.97 Å². The van der Waals surface area contributed by atoms with Crippen molar-refractivity contribution in [3.63, 3.8) is 0 Å². The molecule has 0 aliphatic carbocycles. The summed E-state index contributed by atoms with van der Waals surface area (Å²) < 4.78 is 4.80. The van der Waals surface area contributed by atoms with Crippen LogP contribution in [0.4, 0.5) is 0 Å². The molecule has 1 rings (SSSR count). The van der Waals surface area contributed by atoms with Crippen LogP contribution in [0.15, 0.2) is 43.0 Å². The topological polar surface area (TPSA) is 26.3 Å². The SMILES string of the molecule is C=C(CC/C=C/C(=O)OCC)c1ccc(C)cc1. The first-order valence-electron chi connectivity index (χ1n) is 6.21. The predicted octanol–water partition coefficient (Wildman–Crippen LogP) is 3.91. The molecule has 0 bridgehead atoms. The molecular weight excluding hydrogens is 224 g/mol. The lowest BCUT2D eigenvalue weighted by atomic mass is 10.0. The van der Waals surface area contributed by atoms with E-state index >= 15 is 0 Å². The average molecular weight is 244 g/mol. The highest BCUT2D eigenvalue weighted by Crippen LogP contribution is 2.18. The number of carbonyl (C=O) groups excluding carboxylic acids is 1. The van der Waals surface area contributed by atoms with Crippen LogP contribution in [0.1, 0.15) is 30.9 Å². The molecule has 0 saturated carbocycles. The van der Waals surface area contributed by atoms with Crippen molar-refractivity contribution < 1.29 is 9.53 Å². The maximum atomic E-state index is 11.1. The summed E-state index contributed by atoms with van der Waals surface area (Å²) in [4.78, 5) is 11.1.